The fourth-order valence-electron chi connectivity index (χ4n) is 1.54. The predicted octanol–water partition coefficient (Wildman–Crippen LogP) is 4.64. The zero-order valence-electron chi connectivity index (χ0n) is 10.4. The molecule has 0 aliphatic rings. The Kier molecular flexibility index (Phi) is 4.81. The van der Waals surface area contributed by atoms with Crippen LogP contribution in [0.25, 0.3) is 0 Å². The van der Waals surface area contributed by atoms with Gasteiger partial charge in [-0.25, -0.2) is 4.79 Å². The minimum Gasteiger partial charge on any atom is -0.467 e. The number of ether oxygens (including phenoxy) is 1. The number of hydrogen-bond donors (Lipinski definition) is 1. The summed E-state index contributed by atoms with van der Waals surface area (Å²) in [6.07, 6.45) is 1.33. The average Bonchev–Trinajstić information content (AvgIpc) is 2.89. The Bertz CT molecular complexity index is 640. The molecule has 1 N–H and O–H groups in total. The molecule has 0 aliphatic carbocycles. The summed E-state index contributed by atoms with van der Waals surface area (Å²) >= 11 is 17.8. The Hall–Kier alpha value is -1.36. The number of anilines is 1. The second-order valence-electron chi connectivity index (χ2n) is 3.89. The van der Waals surface area contributed by atoms with E-state index in [4.69, 9.17) is 39.2 Å². The first kappa shape index (κ1) is 15.0. The van der Waals surface area contributed by atoms with E-state index in [2.05, 4.69) is 10.1 Å². The molecule has 2 rings (SSSR count). The molecule has 1 aromatic heterocycles. The van der Waals surface area contributed by atoms with Gasteiger partial charge in [0.15, 0.2) is 0 Å². The van der Waals surface area contributed by atoms with E-state index in [-0.39, 0.29) is 0 Å². The molecule has 1 aromatic carbocycles. The van der Waals surface area contributed by atoms with Crippen molar-refractivity contribution < 1.29 is 13.9 Å². The van der Waals surface area contributed by atoms with E-state index < -0.39 is 5.97 Å². The number of carbonyl (C=O) groups is 1. The van der Waals surface area contributed by atoms with Crippen molar-refractivity contribution in [2.45, 2.75) is 6.54 Å². The molecular weight excluding hydrogens is 325 g/mol. The number of furan rings is 1. The maximum Gasteiger partial charge on any atom is 0.341 e. The maximum atomic E-state index is 11.3. The van der Waals surface area contributed by atoms with Gasteiger partial charge in [0.2, 0.25) is 0 Å². The van der Waals surface area contributed by atoms with Gasteiger partial charge in [-0.1, -0.05) is 34.8 Å². The molecule has 0 saturated carbocycles. The van der Waals surface area contributed by atoms with E-state index in [0.717, 1.165) is 0 Å². The molecule has 0 saturated heterocycles. The lowest BCUT2D eigenvalue weighted by molar-refractivity contribution is 0.0600. The lowest BCUT2D eigenvalue weighted by atomic mass is 10.3. The molecule has 7 heteroatoms. The number of nitrogens with one attached hydrogen (secondary N) is 1. The van der Waals surface area contributed by atoms with Crippen molar-refractivity contribution in [1.29, 1.82) is 0 Å². The summed E-state index contributed by atoms with van der Waals surface area (Å²) in [6, 6.07) is 4.76. The molecule has 0 amide bonds. The predicted molar refractivity (Wildman–Crippen MR) is 78.8 cm³/mol. The third-order valence-electron chi connectivity index (χ3n) is 2.54. The van der Waals surface area contributed by atoms with Crippen LogP contribution in [0.15, 0.2) is 28.9 Å². The smallest absolute Gasteiger partial charge is 0.341 e. The molecule has 106 valence electrons. The highest BCUT2D eigenvalue weighted by Gasteiger charge is 2.11. The Morgan fingerprint density at radius 1 is 1.20 bits per heavy atom. The second kappa shape index (κ2) is 6.39. The lowest BCUT2D eigenvalue weighted by Crippen LogP contribution is -2.00. The quantitative estimate of drug-likeness (QED) is 0.654. The number of benzene rings is 1. The number of rotatable bonds is 4. The zero-order chi connectivity index (χ0) is 14.7. The summed E-state index contributed by atoms with van der Waals surface area (Å²) in [4.78, 5) is 11.3. The van der Waals surface area contributed by atoms with Crippen molar-refractivity contribution in [3.63, 3.8) is 0 Å². The van der Waals surface area contributed by atoms with Crippen molar-refractivity contribution in [3.05, 3.63) is 50.9 Å². The SMILES string of the molecule is COC(=O)c1coc(CNc2cc(Cl)c(Cl)cc2Cl)c1. The molecule has 1 heterocycles. The zero-order valence-corrected chi connectivity index (χ0v) is 12.6. The highest BCUT2D eigenvalue weighted by Crippen LogP contribution is 2.32. The summed E-state index contributed by atoms with van der Waals surface area (Å²) in [5.41, 5.74) is 0.974. The van der Waals surface area contributed by atoms with Crippen LogP contribution in [-0.2, 0) is 11.3 Å². The Morgan fingerprint density at radius 2 is 1.90 bits per heavy atom. The largest absolute Gasteiger partial charge is 0.467 e. The monoisotopic (exact) mass is 333 g/mol. The maximum absolute atomic E-state index is 11.3. The van der Waals surface area contributed by atoms with Crippen LogP contribution in [0.2, 0.25) is 15.1 Å². The van der Waals surface area contributed by atoms with Crippen molar-refractivity contribution >= 4 is 46.5 Å². The van der Waals surface area contributed by atoms with Crippen LogP contribution >= 0.6 is 34.8 Å². The molecule has 0 radical (unpaired) electrons. The molecule has 0 aliphatic heterocycles. The third kappa shape index (κ3) is 3.39. The van der Waals surface area contributed by atoms with E-state index >= 15 is 0 Å². The third-order valence-corrected chi connectivity index (χ3v) is 3.57. The Morgan fingerprint density at radius 3 is 2.60 bits per heavy atom. The second-order valence-corrected chi connectivity index (χ2v) is 5.11. The van der Waals surface area contributed by atoms with E-state index in [0.29, 0.717) is 38.6 Å². The minimum absolute atomic E-state index is 0.342. The van der Waals surface area contributed by atoms with E-state index in [1.807, 2.05) is 0 Å². The van der Waals surface area contributed by atoms with Crippen LogP contribution in [0.4, 0.5) is 5.69 Å². The van der Waals surface area contributed by atoms with Crippen LogP contribution in [-0.4, -0.2) is 13.1 Å². The van der Waals surface area contributed by atoms with Gasteiger partial charge in [-0.2, -0.15) is 0 Å². The molecule has 0 unspecified atom stereocenters. The molecule has 4 nitrogen and oxygen atoms in total. The van der Waals surface area contributed by atoms with E-state index in [1.165, 1.54) is 13.4 Å². The number of esters is 1. The fourth-order valence-corrected chi connectivity index (χ4v) is 2.15. The molecule has 0 spiro atoms. The van der Waals surface area contributed by atoms with Gasteiger partial charge in [-0.15, -0.1) is 0 Å². The van der Waals surface area contributed by atoms with E-state index in [1.54, 1.807) is 18.2 Å². The first-order valence-corrected chi connectivity index (χ1v) is 6.68. The summed E-state index contributed by atoms with van der Waals surface area (Å²) in [7, 11) is 1.31. The van der Waals surface area contributed by atoms with Crippen molar-refractivity contribution in [1.82, 2.24) is 0 Å². The molecule has 2 aromatic rings. The highest BCUT2D eigenvalue weighted by molar-refractivity contribution is 6.44. The van der Waals surface area contributed by atoms with Crippen LogP contribution in [0, 0.1) is 0 Å². The Balaban J connectivity index is 2.07. The standard InChI is InChI=1S/C13H10Cl3NO3/c1-19-13(18)7-2-8(20-6-7)5-17-12-4-10(15)9(14)3-11(12)16/h2-4,6,17H,5H2,1H3. The highest BCUT2D eigenvalue weighted by atomic mass is 35.5. The van der Waals surface area contributed by atoms with Gasteiger partial charge in [0.25, 0.3) is 0 Å². The molecule has 20 heavy (non-hydrogen) atoms. The fraction of sp³-hybridized carbons (Fsp3) is 0.154. The Labute approximate surface area is 130 Å². The van der Waals surface area contributed by atoms with Crippen LogP contribution in [0.1, 0.15) is 16.1 Å². The summed E-state index contributed by atoms with van der Waals surface area (Å²) in [5.74, 6) is 0.111. The molecule has 0 atom stereocenters. The van der Waals surface area contributed by atoms with Gasteiger partial charge in [0.05, 0.1) is 40.0 Å². The number of hydrogen-bond acceptors (Lipinski definition) is 4. The first-order valence-electron chi connectivity index (χ1n) is 5.55. The van der Waals surface area contributed by atoms with Gasteiger partial charge in [-0.05, 0) is 18.2 Å². The summed E-state index contributed by atoms with van der Waals surface area (Å²) < 4.78 is 9.83. The van der Waals surface area contributed by atoms with E-state index in [9.17, 15) is 4.79 Å². The molecule has 0 fully saturated rings. The number of methoxy groups -OCH3 is 1. The molecular formula is C13H10Cl3NO3. The van der Waals surface area contributed by atoms with Crippen molar-refractivity contribution in [2.75, 3.05) is 12.4 Å². The number of halogens is 3. The van der Waals surface area contributed by atoms with Crippen LogP contribution in [0.5, 0.6) is 0 Å². The topological polar surface area (TPSA) is 51.5 Å². The first-order chi connectivity index (χ1) is 9.51. The average molecular weight is 335 g/mol. The summed E-state index contributed by atoms with van der Waals surface area (Å²) in [6.45, 7) is 0.342. The van der Waals surface area contributed by atoms with Crippen LogP contribution in [0.3, 0.4) is 0 Å². The van der Waals surface area contributed by atoms with Gasteiger partial charge in [0, 0.05) is 0 Å². The van der Waals surface area contributed by atoms with Crippen molar-refractivity contribution in [3.8, 4) is 0 Å². The summed E-state index contributed by atoms with van der Waals surface area (Å²) in [5, 5.41) is 4.27. The minimum atomic E-state index is -0.451. The normalized spacial score (nSPS) is 10.4. The van der Waals surface area contributed by atoms with Gasteiger partial charge in [-0.3, -0.25) is 0 Å². The lowest BCUT2D eigenvalue weighted by Gasteiger charge is -2.08. The number of carbonyl (C=O) groups excluding carboxylic acids is 1. The van der Waals surface area contributed by atoms with Gasteiger partial charge in [0.1, 0.15) is 12.0 Å². The van der Waals surface area contributed by atoms with Gasteiger partial charge >= 0.3 is 5.97 Å². The van der Waals surface area contributed by atoms with Crippen LogP contribution < -0.4 is 5.32 Å². The van der Waals surface area contributed by atoms with Gasteiger partial charge < -0.3 is 14.5 Å². The molecule has 0 bridgehead atoms. The van der Waals surface area contributed by atoms with Crippen molar-refractivity contribution in [2.24, 2.45) is 0 Å².